The van der Waals surface area contributed by atoms with Crippen molar-refractivity contribution in [3.8, 4) is 5.75 Å². The first-order chi connectivity index (χ1) is 12.9. The van der Waals surface area contributed by atoms with Crippen molar-refractivity contribution in [3.05, 3.63) is 58.9 Å². The highest BCUT2D eigenvalue weighted by Gasteiger charge is 2.28. The average molecular weight is 391 g/mol. The number of anilines is 1. The maximum Gasteiger partial charge on any atom is 0.260 e. The fourth-order valence-corrected chi connectivity index (χ4v) is 3.30. The van der Waals surface area contributed by atoms with Gasteiger partial charge in [-0.25, -0.2) is 4.39 Å². The van der Waals surface area contributed by atoms with E-state index >= 15 is 0 Å². The largest absolute Gasteiger partial charge is 0.482 e. The molecule has 0 aliphatic carbocycles. The third-order valence-electron chi connectivity index (χ3n) is 4.67. The number of piperidine rings is 1. The van der Waals surface area contributed by atoms with E-state index in [0.717, 1.165) is 0 Å². The number of halogens is 2. The monoisotopic (exact) mass is 390 g/mol. The SMILES string of the molecule is Nc1cc(Cl)ccc1OCC(=O)N1CCC(C(=O)c2ccc(F)cc2)CC1. The molecule has 0 bridgehead atoms. The van der Waals surface area contributed by atoms with Gasteiger partial charge in [-0.3, -0.25) is 9.59 Å². The molecule has 0 saturated carbocycles. The van der Waals surface area contributed by atoms with Gasteiger partial charge < -0.3 is 15.4 Å². The number of ether oxygens (including phenoxy) is 1. The summed E-state index contributed by atoms with van der Waals surface area (Å²) in [7, 11) is 0. The van der Waals surface area contributed by atoms with Crippen LogP contribution in [0.5, 0.6) is 5.75 Å². The zero-order chi connectivity index (χ0) is 19.4. The van der Waals surface area contributed by atoms with Crippen molar-refractivity contribution in [1.29, 1.82) is 0 Å². The molecule has 1 saturated heterocycles. The number of hydrogen-bond acceptors (Lipinski definition) is 4. The van der Waals surface area contributed by atoms with Crippen molar-refractivity contribution in [1.82, 2.24) is 4.90 Å². The van der Waals surface area contributed by atoms with Crippen LogP contribution in [-0.2, 0) is 4.79 Å². The molecule has 1 heterocycles. The van der Waals surface area contributed by atoms with Crippen molar-refractivity contribution in [2.45, 2.75) is 12.8 Å². The summed E-state index contributed by atoms with van der Waals surface area (Å²) in [5, 5.41) is 0.499. The summed E-state index contributed by atoms with van der Waals surface area (Å²) < 4.78 is 18.5. The Morgan fingerprint density at radius 3 is 2.44 bits per heavy atom. The summed E-state index contributed by atoms with van der Waals surface area (Å²) in [6.07, 6.45) is 1.15. The number of likely N-dealkylation sites (tertiary alicyclic amines) is 1. The first kappa shape index (κ1) is 19.2. The van der Waals surface area contributed by atoms with Crippen molar-refractivity contribution in [3.63, 3.8) is 0 Å². The summed E-state index contributed by atoms with van der Waals surface area (Å²) in [5.74, 6) is -0.279. The van der Waals surface area contributed by atoms with Crippen molar-refractivity contribution >= 4 is 29.0 Å². The number of nitrogens with two attached hydrogens (primary N) is 1. The zero-order valence-corrected chi connectivity index (χ0v) is 15.4. The Morgan fingerprint density at radius 1 is 1.15 bits per heavy atom. The average Bonchev–Trinajstić information content (AvgIpc) is 2.67. The summed E-state index contributed by atoms with van der Waals surface area (Å²) in [6, 6.07) is 10.4. The fourth-order valence-electron chi connectivity index (χ4n) is 3.12. The van der Waals surface area contributed by atoms with E-state index in [2.05, 4.69) is 0 Å². The number of nitrogen functional groups attached to an aromatic ring is 1. The molecule has 0 spiro atoms. The lowest BCUT2D eigenvalue weighted by atomic mass is 9.89. The number of Topliss-reactive ketones (excluding diaryl/α,β-unsaturated/α-hetero) is 1. The molecule has 3 rings (SSSR count). The molecular weight excluding hydrogens is 371 g/mol. The van der Waals surface area contributed by atoms with Crippen molar-refractivity contribution in [2.24, 2.45) is 5.92 Å². The van der Waals surface area contributed by atoms with Gasteiger partial charge in [0.25, 0.3) is 5.91 Å². The summed E-state index contributed by atoms with van der Waals surface area (Å²) in [6.45, 7) is 0.841. The Bertz CT molecular complexity index is 834. The van der Waals surface area contributed by atoms with E-state index in [4.69, 9.17) is 22.1 Å². The number of rotatable bonds is 5. The Morgan fingerprint density at radius 2 is 1.81 bits per heavy atom. The molecule has 7 heteroatoms. The highest BCUT2D eigenvalue weighted by atomic mass is 35.5. The van der Waals surface area contributed by atoms with Gasteiger partial charge >= 0.3 is 0 Å². The van der Waals surface area contributed by atoms with Crippen LogP contribution in [0.15, 0.2) is 42.5 Å². The normalized spacial score (nSPS) is 14.8. The number of benzene rings is 2. The van der Waals surface area contributed by atoms with Gasteiger partial charge in [0.2, 0.25) is 0 Å². The van der Waals surface area contributed by atoms with Gasteiger partial charge in [-0.05, 0) is 55.3 Å². The Kier molecular flexibility index (Phi) is 5.96. The number of nitrogens with zero attached hydrogens (tertiary/aromatic N) is 1. The molecule has 1 fully saturated rings. The molecule has 1 aliphatic heterocycles. The minimum Gasteiger partial charge on any atom is -0.482 e. The summed E-state index contributed by atoms with van der Waals surface area (Å²) in [4.78, 5) is 26.5. The molecule has 27 heavy (non-hydrogen) atoms. The quantitative estimate of drug-likeness (QED) is 0.625. The molecular formula is C20H20ClFN2O3. The lowest BCUT2D eigenvalue weighted by Crippen LogP contribution is -2.42. The van der Waals surface area contributed by atoms with Crippen LogP contribution in [0.25, 0.3) is 0 Å². The van der Waals surface area contributed by atoms with Crippen LogP contribution in [0.2, 0.25) is 5.02 Å². The minimum atomic E-state index is -0.367. The molecule has 2 aromatic rings. The molecule has 0 atom stereocenters. The second-order valence-electron chi connectivity index (χ2n) is 6.50. The second-order valence-corrected chi connectivity index (χ2v) is 6.93. The Hall–Kier alpha value is -2.60. The fraction of sp³-hybridized carbons (Fsp3) is 0.300. The molecule has 0 radical (unpaired) electrons. The van der Waals surface area contributed by atoms with Crippen molar-refractivity contribution < 1.29 is 18.7 Å². The van der Waals surface area contributed by atoms with Crippen LogP contribution < -0.4 is 10.5 Å². The number of carbonyl (C=O) groups excluding carboxylic acids is 2. The molecule has 1 amide bonds. The van der Waals surface area contributed by atoms with Gasteiger partial charge in [-0.2, -0.15) is 0 Å². The van der Waals surface area contributed by atoms with Crippen LogP contribution in [0, 0.1) is 11.7 Å². The maximum atomic E-state index is 13.0. The first-order valence-corrected chi connectivity index (χ1v) is 9.07. The molecule has 0 unspecified atom stereocenters. The number of hydrogen-bond donors (Lipinski definition) is 1. The van der Waals surface area contributed by atoms with E-state index in [0.29, 0.717) is 48.0 Å². The number of amides is 1. The van der Waals surface area contributed by atoms with Crippen LogP contribution >= 0.6 is 11.6 Å². The van der Waals surface area contributed by atoms with Crippen LogP contribution in [0.3, 0.4) is 0 Å². The topological polar surface area (TPSA) is 72.6 Å². The van der Waals surface area contributed by atoms with E-state index < -0.39 is 0 Å². The van der Waals surface area contributed by atoms with Crippen LogP contribution in [0.4, 0.5) is 10.1 Å². The minimum absolute atomic E-state index is 0.00714. The lowest BCUT2D eigenvalue weighted by molar-refractivity contribution is -0.134. The van der Waals surface area contributed by atoms with Gasteiger partial charge in [0.1, 0.15) is 11.6 Å². The first-order valence-electron chi connectivity index (χ1n) is 8.69. The molecule has 2 aromatic carbocycles. The predicted octanol–water partition coefficient (Wildman–Crippen LogP) is 3.56. The Balaban J connectivity index is 1.50. The zero-order valence-electron chi connectivity index (χ0n) is 14.7. The van der Waals surface area contributed by atoms with E-state index in [1.165, 1.54) is 24.3 Å². The van der Waals surface area contributed by atoms with Gasteiger partial charge in [0, 0.05) is 29.6 Å². The van der Waals surface area contributed by atoms with Crippen LogP contribution in [-0.4, -0.2) is 36.3 Å². The summed E-state index contributed by atoms with van der Waals surface area (Å²) in [5.41, 5.74) is 6.68. The van der Waals surface area contributed by atoms with E-state index in [9.17, 15) is 14.0 Å². The van der Waals surface area contributed by atoms with Gasteiger partial charge in [-0.15, -0.1) is 0 Å². The predicted molar refractivity (Wildman–Crippen MR) is 101 cm³/mol. The van der Waals surface area contributed by atoms with E-state index in [1.54, 1.807) is 23.1 Å². The number of carbonyl (C=O) groups is 2. The molecule has 2 N–H and O–H groups in total. The lowest BCUT2D eigenvalue weighted by Gasteiger charge is -2.31. The smallest absolute Gasteiger partial charge is 0.260 e. The third-order valence-corrected chi connectivity index (χ3v) is 4.91. The number of ketones is 1. The maximum absolute atomic E-state index is 13.0. The van der Waals surface area contributed by atoms with Gasteiger partial charge in [-0.1, -0.05) is 11.6 Å². The van der Waals surface area contributed by atoms with Gasteiger partial charge in [0.15, 0.2) is 12.4 Å². The van der Waals surface area contributed by atoms with E-state index in [1.807, 2.05) is 0 Å². The van der Waals surface area contributed by atoms with Crippen molar-refractivity contribution in [2.75, 3.05) is 25.4 Å². The summed E-state index contributed by atoms with van der Waals surface area (Å²) >= 11 is 5.84. The highest BCUT2D eigenvalue weighted by molar-refractivity contribution is 6.30. The van der Waals surface area contributed by atoms with Crippen LogP contribution in [0.1, 0.15) is 23.2 Å². The molecule has 1 aliphatic rings. The van der Waals surface area contributed by atoms with E-state index in [-0.39, 0.29) is 30.0 Å². The molecule has 0 aromatic heterocycles. The third kappa shape index (κ3) is 4.77. The second kappa shape index (κ2) is 8.39. The molecule has 5 nitrogen and oxygen atoms in total. The standard InChI is InChI=1S/C20H20ClFN2O3/c21-15-3-6-18(17(23)11-15)27-12-19(25)24-9-7-14(8-10-24)20(26)13-1-4-16(22)5-2-13/h1-6,11,14H,7-10,12,23H2. The Labute approximate surface area is 161 Å². The van der Waals surface area contributed by atoms with Gasteiger partial charge in [0.05, 0.1) is 5.69 Å². The highest BCUT2D eigenvalue weighted by Crippen LogP contribution is 2.26. The molecule has 142 valence electrons.